The monoisotopic (exact) mass is 445 g/mol. The highest BCUT2D eigenvalue weighted by Gasteiger charge is 2.43. The molecule has 0 radical (unpaired) electrons. The second-order valence-corrected chi connectivity index (χ2v) is 11.7. The smallest absolute Gasteiger partial charge is 0.253 e. The van der Waals surface area contributed by atoms with E-state index in [4.69, 9.17) is 4.74 Å². The molecule has 3 fully saturated rings. The van der Waals surface area contributed by atoms with Gasteiger partial charge in [0, 0.05) is 37.5 Å². The fourth-order valence-corrected chi connectivity index (χ4v) is 8.57. The number of sulfonamides is 1. The minimum Gasteiger partial charge on any atom is -0.379 e. The van der Waals surface area contributed by atoms with E-state index in [0.717, 1.165) is 44.2 Å². The maximum absolute atomic E-state index is 13.0. The molecular formula is C18H27N3O4S3. The lowest BCUT2D eigenvalue weighted by atomic mass is 9.95. The highest BCUT2D eigenvalue weighted by Crippen LogP contribution is 2.34. The molecule has 3 aliphatic rings. The lowest BCUT2D eigenvalue weighted by molar-refractivity contribution is -0.125. The summed E-state index contributed by atoms with van der Waals surface area (Å²) in [6.07, 6.45) is 2.34. The first-order chi connectivity index (χ1) is 13.5. The van der Waals surface area contributed by atoms with Crippen LogP contribution >= 0.6 is 23.1 Å². The number of ether oxygens (including phenoxy) is 1. The fraction of sp³-hybridized carbons (Fsp3) is 0.722. The van der Waals surface area contributed by atoms with Gasteiger partial charge in [0.25, 0.3) is 10.0 Å². The molecule has 0 spiro atoms. The summed E-state index contributed by atoms with van der Waals surface area (Å²) >= 11 is 3.12. The molecule has 2 atom stereocenters. The summed E-state index contributed by atoms with van der Waals surface area (Å²) in [6, 6.07) is 2.73. The summed E-state index contributed by atoms with van der Waals surface area (Å²) in [7, 11) is -3.60. The van der Waals surface area contributed by atoms with Crippen LogP contribution in [0.15, 0.2) is 21.7 Å². The number of thiophene rings is 1. The number of morpholine rings is 1. The van der Waals surface area contributed by atoms with Gasteiger partial charge in [0.15, 0.2) is 0 Å². The Morgan fingerprint density at radius 2 is 2.14 bits per heavy atom. The second-order valence-electron chi connectivity index (χ2n) is 7.55. The number of amides is 1. The molecule has 0 aliphatic carbocycles. The Labute approximate surface area is 174 Å². The zero-order valence-electron chi connectivity index (χ0n) is 15.8. The second kappa shape index (κ2) is 8.61. The van der Waals surface area contributed by atoms with E-state index in [1.165, 1.54) is 15.6 Å². The molecule has 3 aliphatic heterocycles. The quantitative estimate of drug-likeness (QED) is 0.710. The van der Waals surface area contributed by atoms with Gasteiger partial charge in [-0.3, -0.25) is 9.69 Å². The van der Waals surface area contributed by atoms with Gasteiger partial charge < -0.3 is 10.1 Å². The van der Waals surface area contributed by atoms with E-state index in [1.807, 2.05) is 11.8 Å². The van der Waals surface area contributed by atoms with E-state index in [2.05, 4.69) is 10.2 Å². The predicted octanol–water partition coefficient (Wildman–Crippen LogP) is 1.23. The molecule has 2 unspecified atom stereocenters. The molecule has 1 aromatic heterocycles. The number of carbonyl (C=O) groups excluding carboxylic acids is 1. The van der Waals surface area contributed by atoms with Crippen molar-refractivity contribution in [3.63, 3.8) is 0 Å². The molecule has 1 aromatic rings. The van der Waals surface area contributed by atoms with E-state index in [-0.39, 0.29) is 11.4 Å². The molecule has 1 amide bonds. The first kappa shape index (κ1) is 20.6. The predicted molar refractivity (Wildman–Crippen MR) is 111 cm³/mol. The normalized spacial score (nSPS) is 29.9. The van der Waals surface area contributed by atoms with Gasteiger partial charge in [0.2, 0.25) is 5.91 Å². The van der Waals surface area contributed by atoms with E-state index in [1.54, 1.807) is 17.5 Å². The average Bonchev–Trinajstić information content (AvgIpc) is 3.49. The van der Waals surface area contributed by atoms with Crippen LogP contribution in [0.4, 0.5) is 0 Å². The van der Waals surface area contributed by atoms with Crippen LogP contribution < -0.4 is 5.32 Å². The van der Waals surface area contributed by atoms with Crippen molar-refractivity contribution in [3.05, 3.63) is 17.5 Å². The van der Waals surface area contributed by atoms with Crippen LogP contribution in [0.2, 0.25) is 0 Å². The van der Waals surface area contributed by atoms with Gasteiger partial charge in [-0.1, -0.05) is 6.07 Å². The summed E-state index contributed by atoms with van der Waals surface area (Å²) < 4.78 is 33.0. The standard InChI is InChI=1S/C18H27N3O4S3/c22-17(15-3-1-6-21(15)28(23,24)16-4-2-11-27-16)19-13-18(5-12-26-14-18)20-7-9-25-10-8-20/h2,4,11,15H,1,3,5-10,12-14H2,(H,19,22). The number of nitrogens with zero attached hydrogens (tertiary/aromatic N) is 2. The topological polar surface area (TPSA) is 79.0 Å². The summed E-state index contributed by atoms with van der Waals surface area (Å²) in [5.41, 5.74) is -0.0415. The molecule has 7 nitrogen and oxygen atoms in total. The fourth-order valence-electron chi connectivity index (χ4n) is 4.32. The zero-order valence-corrected chi connectivity index (χ0v) is 18.3. The lowest BCUT2D eigenvalue weighted by Crippen LogP contribution is -2.60. The van der Waals surface area contributed by atoms with Gasteiger partial charge in [-0.2, -0.15) is 16.1 Å². The first-order valence-corrected chi connectivity index (χ1v) is 13.2. The Morgan fingerprint density at radius 3 is 2.82 bits per heavy atom. The molecule has 0 aromatic carbocycles. The number of hydrogen-bond acceptors (Lipinski definition) is 7. The highest BCUT2D eigenvalue weighted by atomic mass is 32.2. The van der Waals surface area contributed by atoms with Crippen molar-refractivity contribution in [2.75, 3.05) is 50.9 Å². The molecular weight excluding hydrogens is 418 g/mol. The van der Waals surface area contributed by atoms with Gasteiger partial charge in [0.1, 0.15) is 10.3 Å². The third-order valence-corrected chi connectivity index (χ3v) is 10.4. The van der Waals surface area contributed by atoms with E-state index in [0.29, 0.717) is 30.1 Å². The molecule has 28 heavy (non-hydrogen) atoms. The van der Waals surface area contributed by atoms with Crippen LogP contribution in [0.3, 0.4) is 0 Å². The van der Waals surface area contributed by atoms with Gasteiger partial charge in [-0.15, -0.1) is 11.3 Å². The maximum Gasteiger partial charge on any atom is 0.253 e. The van der Waals surface area contributed by atoms with Gasteiger partial charge in [-0.05, 0) is 36.5 Å². The van der Waals surface area contributed by atoms with Gasteiger partial charge >= 0.3 is 0 Å². The molecule has 4 rings (SSSR count). The molecule has 10 heteroatoms. The van der Waals surface area contributed by atoms with Gasteiger partial charge in [-0.25, -0.2) is 8.42 Å². The van der Waals surface area contributed by atoms with Crippen LogP contribution in [0.5, 0.6) is 0 Å². The van der Waals surface area contributed by atoms with Crippen molar-refractivity contribution >= 4 is 39.0 Å². The number of rotatable bonds is 6. The molecule has 3 saturated heterocycles. The number of nitrogens with one attached hydrogen (secondary N) is 1. The number of thioether (sulfide) groups is 1. The van der Waals surface area contributed by atoms with Crippen molar-refractivity contribution in [2.24, 2.45) is 0 Å². The van der Waals surface area contributed by atoms with Crippen LogP contribution in [0, 0.1) is 0 Å². The first-order valence-electron chi connectivity index (χ1n) is 9.77. The van der Waals surface area contributed by atoms with Crippen LogP contribution in [0.1, 0.15) is 19.3 Å². The largest absolute Gasteiger partial charge is 0.379 e. The van der Waals surface area contributed by atoms with Crippen LogP contribution in [0.25, 0.3) is 0 Å². The Balaban J connectivity index is 1.44. The van der Waals surface area contributed by atoms with Crippen molar-refractivity contribution in [2.45, 2.75) is 35.1 Å². The van der Waals surface area contributed by atoms with Crippen molar-refractivity contribution in [1.82, 2.24) is 14.5 Å². The van der Waals surface area contributed by atoms with Crippen LogP contribution in [-0.2, 0) is 19.6 Å². The molecule has 1 N–H and O–H groups in total. The molecule has 4 heterocycles. The number of carbonyl (C=O) groups is 1. The minimum absolute atomic E-state index is 0.0415. The summed E-state index contributed by atoms with van der Waals surface area (Å²) in [5.74, 6) is 1.92. The Bertz CT molecular complexity index is 772. The van der Waals surface area contributed by atoms with E-state index >= 15 is 0 Å². The highest BCUT2D eigenvalue weighted by molar-refractivity contribution is 7.99. The number of hydrogen-bond donors (Lipinski definition) is 1. The third-order valence-electron chi connectivity index (χ3n) is 5.92. The minimum atomic E-state index is -3.60. The Kier molecular flexibility index (Phi) is 6.34. The zero-order chi connectivity index (χ0) is 19.6. The van der Waals surface area contributed by atoms with Crippen molar-refractivity contribution < 1.29 is 17.9 Å². The average molecular weight is 446 g/mol. The van der Waals surface area contributed by atoms with E-state index < -0.39 is 16.1 Å². The van der Waals surface area contributed by atoms with Crippen molar-refractivity contribution in [3.8, 4) is 0 Å². The maximum atomic E-state index is 13.0. The summed E-state index contributed by atoms with van der Waals surface area (Å²) in [6.45, 7) is 4.22. The summed E-state index contributed by atoms with van der Waals surface area (Å²) in [5, 5.41) is 4.87. The molecule has 156 valence electrons. The summed E-state index contributed by atoms with van der Waals surface area (Å²) in [4.78, 5) is 15.4. The molecule has 0 bridgehead atoms. The SMILES string of the molecule is O=C(NCC1(N2CCOCC2)CCSC1)C1CCCN1S(=O)(=O)c1cccs1. The van der Waals surface area contributed by atoms with Gasteiger partial charge in [0.05, 0.1) is 13.2 Å². The lowest BCUT2D eigenvalue weighted by Gasteiger charge is -2.43. The van der Waals surface area contributed by atoms with E-state index in [9.17, 15) is 13.2 Å². The molecule has 0 saturated carbocycles. The Hall–Kier alpha value is -0.650. The van der Waals surface area contributed by atoms with Crippen LogP contribution in [-0.4, -0.2) is 86.0 Å². The third kappa shape index (κ3) is 3.99. The van der Waals surface area contributed by atoms with Crippen molar-refractivity contribution in [1.29, 1.82) is 0 Å². The Morgan fingerprint density at radius 1 is 1.32 bits per heavy atom.